The standard InChI is InChI=1S/C18H22N2O3/c1-11-7-16(12(2)23-11)18(22)20-17(13-8-15(21)9-13)10-14-5-3-4-6-19-14/h3-7,13,15,17,21H,8-10H2,1-2H3,(H,20,22)/t13?,15?,17-/m1/s1. The Labute approximate surface area is 135 Å². The van der Waals surface area contributed by atoms with Gasteiger partial charge in [-0.1, -0.05) is 6.07 Å². The van der Waals surface area contributed by atoms with Crippen molar-refractivity contribution in [3.05, 3.63) is 53.2 Å². The molecule has 3 rings (SSSR count). The van der Waals surface area contributed by atoms with Crippen molar-refractivity contribution in [3.63, 3.8) is 0 Å². The van der Waals surface area contributed by atoms with Crippen LogP contribution in [0.5, 0.6) is 0 Å². The van der Waals surface area contributed by atoms with Gasteiger partial charge in [0.25, 0.3) is 5.91 Å². The largest absolute Gasteiger partial charge is 0.466 e. The average molecular weight is 314 g/mol. The number of hydrogen-bond acceptors (Lipinski definition) is 4. The second-order valence-corrected chi connectivity index (χ2v) is 6.32. The highest BCUT2D eigenvalue weighted by atomic mass is 16.3. The minimum absolute atomic E-state index is 0.0320. The lowest BCUT2D eigenvalue weighted by Gasteiger charge is -2.38. The van der Waals surface area contributed by atoms with Crippen molar-refractivity contribution in [2.45, 2.75) is 45.3 Å². The zero-order chi connectivity index (χ0) is 16.4. The highest BCUT2D eigenvalue weighted by Crippen LogP contribution is 2.31. The summed E-state index contributed by atoms with van der Waals surface area (Å²) in [5.41, 5.74) is 1.52. The molecule has 0 radical (unpaired) electrons. The maximum atomic E-state index is 12.6. The van der Waals surface area contributed by atoms with Crippen LogP contribution in [0.2, 0.25) is 0 Å². The van der Waals surface area contributed by atoms with Gasteiger partial charge < -0.3 is 14.8 Å². The van der Waals surface area contributed by atoms with Crippen LogP contribution in [-0.2, 0) is 6.42 Å². The fraction of sp³-hybridized carbons (Fsp3) is 0.444. The minimum Gasteiger partial charge on any atom is -0.466 e. The summed E-state index contributed by atoms with van der Waals surface area (Å²) in [5, 5.41) is 12.7. The van der Waals surface area contributed by atoms with Gasteiger partial charge in [0.1, 0.15) is 11.5 Å². The lowest BCUT2D eigenvalue weighted by Crippen LogP contribution is -2.48. The molecule has 0 aliphatic heterocycles. The molecule has 0 aromatic carbocycles. The van der Waals surface area contributed by atoms with E-state index in [1.807, 2.05) is 25.1 Å². The molecule has 122 valence electrons. The topological polar surface area (TPSA) is 75.4 Å². The van der Waals surface area contributed by atoms with Gasteiger partial charge in [-0.2, -0.15) is 0 Å². The van der Waals surface area contributed by atoms with Crippen LogP contribution in [0.15, 0.2) is 34.9 Å². The number of furan rings is 1. The van der Waals surface area contributed by atoms with Gasteiger partial charge in [-0.05, 0) is 50.8 Å². The molecule has 0 bridgehead atoms. The summed E-state index contributed by atoms with van der Waals surface area (Å²) >= 11 is 0. The van der Waals surface area contributed by atoms with Gasteiger partial charge in [-0.3, -0.25) is 9.78 Å². The van der Waals surface area contributed by atoms with E-state index in [4.69, 9.17) is 4.42 Å². The normalized spacial score (nSPS) is 21.5. The van der Waals surface area contributed by atoms with Gasteiger partial charge in [-0.25, -0.2) is 0 Å². The Morgan fingerprint density at radius 1 is 1.43 bits per heavy atom. The maximum absolute atomic E-state index is 12.6. The summed E-state index contributed by atoms with van der Waals surface area (Å²) < 4.78 is 5.44. The lowest BCUT2D eigenvalue weighted by molar-refractivity contribution is 0.0237. The Hall–Kier alpha value is -2.14. The number of aromatic nitrogens is 1. The second kappa shape index (κ2) is 6.54. The molecule has 1 aliphatic rings. The van der Waals surface area contributed by atoms with Crippen LogP contribution in [0.25, 0.3) is 0 Å². The molecule has 0 unspecified atom stereocenters. The van der Waals surface area contributed by atoms with Crippen molar-refractivity contribution in [1.82, 2.24) is 10.3 Å². The van der Waals surface area contributed by atoms with E-state index in [2.05, 4.69) is 10.3 Å². The first-order chi connectivity index (χ1) is 11.0. The summed E-state index contributed by atoms with van der Waals surface area (Å²) in [6.45, 7) is 3.63. The number of aliphatic hydroxyl groups excluding tert-OH is 1. The van der Waals surface area contributed by atoms with Crippen LogP contribution in [0, 0.1) is 19.8 Å². The minimum atomic E-state index is -0.249. The first-order valence-corrected chi connectivity index (χ1v) is 7.99. The molecule has 1 saturated carbocycles. The Bertz CT molecular complexity index is 675. The molecule has 5 nitrogen and oxygen atoms in total. The Kier molecular flexibility index (Phi) is 4.48. The van der Waals surface area contributed by atoms with E-state index < -0.39 is 0 Å². The quantitative estimate of drug-likeness (QED) is 0.888. The smallest absolute Gasteiger partial charge is 0.255 e. The fourth-order valence-electron chi connectivity index (χ4n) is 3.14. The van der Waals surface area contributed by atoms with Gasteiger partial charge in [0.2, 0.25) is 0 Å². The van der Waals surface area contributed by atoms with Crippen molar-refractivity contribution in [1.29, 1.82) is 0 Å². The number of carbonyl (C=O) groups excluding carboxylic acids is 1. The van der Waals surface area contributed by atoms with Crippen LogP contribution < -0.4 is 5.32 Å². The van der Waals surface area contributed by atoms with E-state index in [1.165, 1.54) is 0 Å². The van der Waals surface area contributed by atoms with Crippen LogP contribution in [0.4, 0.5) is 0 Å². The van der Waals surface area contributed by atoms with E-state index in [-0.39, 0.29) is 24.0 Å². The number of amides is 1. The zero-order valence-corrected chi connectivity index (χ0v) is 13.5. The first-order valence-electron chi connectivity index (χ1n) is 7.99. The third-order valence-electron chi connectivity index (χ3n) is 4.48. The molecule has 1 atom stereocenters. The Balaban J connectivity index is 1.73. The molecule has 2 N–H and O–H groups in total. The molecular weight excluding hydrogens is 292 g/mol. The van der Waals surface area contributed by atoms with Gasteiger partial charge in [-0.15, -0.1) is 0 Å². The van der Waals surface area contributed by atoms with E-state index in [1.54, 1.807) is 19.2 Å². The van der Waals surface area contributed by atoms with Crippen molar-refractivity contribution in [2.75, 3.05) is 0 Å². The fourth-order valence-corrected chi connectivity index (χ4v) is 3.14. The molecular formula is C18H22N2O3. The van der Waals surface area contributed by atoms with Crippen LogP contribution in [0.3, 0.4) is 0 Å². The number of nitrogens with one attached hydrogen (secondary N) is 1. The second-order valence-electron chi connectivity index (χ2n) is 6.32. The molecule has 2 aromatic heterocycles. The monoisotopic (exact) mass is 314 g/mol. The number of hydrogen-bond donors (Lipinski definition) is 2. The third kappa shape index (κ3) is 3.62. The number of pyridine rings is 1. The molecule has 2 aromatic rings. The Morgan fingerprint density at radius 3 is 2.78 bits per heavy atom. The van der Waals surface area contributed by atoms with Crippen molar-refractivity contribution < 1.29 is 14.3 Å². The van der Waals surface area contributed by atoms with Crippen LogP contribution in [0.1, 0.15) is 40.4 Å². The van der Waals surface area contributed by atoms with Crippen molar-refractivity contribution in [2.24, 2.45) is 5.92 Å². The summed E-state index contributed by atoms with van der Waals surface area (Å²) in [4.78, 5) is 16.9. The maximum Gasteiger partial charge on any atom is 0.255 e. The number of aryl methyl sites for hydroxylation is 2. The van der Waals surface area contributed by atoms with Gasteiger partial charge in [0, 0.05) is 24.4 Å². The van der Waals surface area contributed by atoms with Crippen molar-refractivity contribution in [3.8, 4) is 0 Å². The molecule has 1 aliphatic carbocycles. The van der Waals surface area contributed by atoms with E-state index in [0.717, 1.165) is 24.3 Å². The summed E-state index contributed by atoms with van der Waals surface area (Å²) in [5.74, 6) is 1.52. The molecule has 23 heavy (non-hydrogen) atoms. The zero-order valence-electron chi connectivity index (χ0n) is 13.5. The van der Waals surface area contributed by atoms with Crippen molar-refractivity contribution >= 4 is 5.91 Å². The predicted octanol–water partition coefficient (Wildman–Crippen LogP) is 2.40. The van der Waals surface area contributed by atoms with E-state index in [9.17, 15) is 9.90 Å². The van der Waals surface area contributed by atoms with Gasteiger partial charge in [0.15, 0.2) is 0 Å². The number of nitrogens with zero attached hydrogens (tertiary/aromatic N) is 1. The molecule has 1 amide bonds. The molecule has 1 fully saturated rings. The van der Waals surface area contributed by atoms with E-state index >= 15 is 0 Å². The van der Waals surface area contributed by atoms with Crippen LogP contribution >= 0.6 is 0 Å². The molecule has 0 spiro atoms. The number of aliphatic hydroxyl groups is 1. The third-order valence-corrected chi connectivity index (χ3v) is 4.48. The summed E-state index contributed by atoms with van der Waals surface area (Å²) in [7, 11) is 0. The first kappa shape index (κ1) is 15.7. The predicted molar refractivity (Wildman–Crippen MR) is 86.1 cm³/mol. The summed E-state index contributed by atoms with van der Waals surface area (Å²) in [6.07, 6.45) is 3.62. The summed E-state index contributed by atoms with van der Waals surface area (Å²) in [6, 6.07) is 7.51. The highest BCUT2D eigenvalue weighted by molar-refractivity contribution is 5.95. The Morgan fingerprint density at radius 2 is 2.22 bits per heavy atom. The number of rotatable bonds is 5. The highest BCUT2D eigenvalue weighted by Gasteiger charge is 2.35. The average Bonchev–Trinajstić information content (AvgIpc) is 2.83. The SMILES string of the molecule is Cc1cc(C(=O)N[C@H](Cc2ccccn2)C2CC(O)C2)c(C)o1. The van der Waals surface area contributed by atoms with Crippen LogP contribution in [-0.4, -0.2) is 28.1 Å². The number of carbonyl (C=O) groups is 1. The molecule has 0 saturated heterocycles. The van der Waals surface area contributed by atoms with Gasteiger partial charge in [0.05, 0.1) is 11.7 Å². The molecule has 2 heterocycles. The van der Waals surface area contributed by atoms with E-state index in [0.29, 0.717) is 17.7 Å². The van der Waals surface area contributed by atoms with Gasteiger partial charge >= 0.3 is 0 Å². The molecule has 5 heteroatoms. The lowest BCUT2D eigenvalue weighted by atomic mass is 9.76.